The maximum atomic E-state index is 13.5. The fraction of sp³-hybridized carbons (Fsp3) is 0.450. The van der Waals surface area contributed by atoms with E-state index in [9.17, 15) is 18.0 Å². The molecule has 0 aliphatic heterocycles. The van der Waals surface area contributed by atoms with Gasteiger partial charge in [-0.3, -0.25) is 4.79 Å². The van der Waals surface area contributed by atoms with Gasteiger partial charge in [-0.1, -0.05) is 50.5 Å². The Hall–Kier alpha value is -1.82. The molecule has 1 aromatic heterocycles. The van der Waals surface area contributed by atoms with Crippen LogP contribution in [-0.2, 0) is 6.18 Å². The lowest BCUT2D eigenvalue weighted by Crippen LogP contribution is -2.31. The van der Waals surface area contributed by atoms with Gasteiger partial charge < -0.3 is 5.32 Å². The molecule has 2 aromatic rings. The highest BCUT2D eigenvalue weighted by atomic mass is 32.1. The third-order valence-electron chi connectivity index (χ3n) is 4.97. The van der Waals surface area contributed by atoms with E-state index in [0.717, 1.165) is 31.7 Å². The molecular formula is C20H22F3NOS. The van der Waals surface area contributed by atoms with Gasteiger partial charge in [0.05, 0.1) is 16.5 Å². The molecule has 1 N–H and O–H groups in total. The molecule has 1 aliphatic carbocycles. The first kappa shape index (κ1) is 19.0. The molecule has 1 saturated carbocycles. The Balaban J connectivity index is 1.88. The Labute approximate surface area is 155 Å². The smallest absolute Gasteiger partial charge is 0.344 e. The summed E-state index contributed by atoms with van der Waals surface area (Å²) >= 11 is 1.29. The molecule has 1 aromatic carbocycles. The fourth-order valence-electron chi connectivity index (χ4n) is 3.54. The molecule has 0 spiro atoms. The molecule has 1 amide bonds. The van der Waals surface area contributed by atoms with Gasteiger partial charge >= 0.3 is 6.18 Å². The van der Waals surface area contributed by atoms with E-state index in [4.69, 9.17) is 0 Å². The Kier molecular flexibility index (Phi) is 5.70. The van der Waals surface area contributed by atoms with Crippen LogP contribution >= 0.6 is 11.3 Å². The lowest BCUT2D eigenvalue weighted by molar-refractivity contribution is -0.138. The van der Waals surface area contributed by atoms with Gasteiger partial charge in [-0.2, -0.15) is 13.2 Å². The second-order valence-electron chi connectivity index (χ2n) is 6.82. The van der Waals surface area contributed by atoms with Crippen LogP contribution in [-0.4, -0.2) is 5.91 Å². The summed E-state index contributed by atoms with van der Waals surface area (Å²) in [6.45, 7) is 2.10. The summed E-state index contributed by atoms with van der Waals surface area (Å²) in [4.78, 5) is 13.0. The normalized spacial score (nSPS) is 20.6. The third-order valence-corrected chi connectivity index (χ3v) is 5.84. The molecule has 6 heteroatoms. The number of hydrogen-bond acceptors (Lipinski definition) is 2. The summed E-state index contributed by atoms with van der Waals surface area (Å²) in [5, 5.41) is 4.67. The largest absolute Gasteiger partial charge is 0.416 e. The molecule has 3 atom stereocenters. The minimum atomic E-state index is -4.43. The number of carbonyl (C=O) groups is 1. The Bertz CT molecular complexity index is 742. The number of amides is 1. The lowest BCUT2D eigenvalue weighted by Gasteiger charge is -2.23. The fourth-order valence-corrected chi connectivity index (χ4v) is 4.17. The maximum Gasteiger partial charge on any atom is 0.416 e. The van der Waals surface area contributed by atoms with Crippen molar-refractivity contribution in [3.8, 4) is 0 Å². The Morgan fingerprint density at radius 3 is 2.69 bits per heavy atom. The van der Waals surface area contributed by atoms with Crippen LogP contribution in [0.1, 0.15) is 59.4 Å². The molecule has 0 saturated heterocycles. The first-order valence-corrected chi connectivity index (χ1v) is 9.80. The molecule has 0 radical (unpaired) electrons. The maximum absolute atomic E-state index is 13.5. The van der Waals surface area contributed by atoms with Crippen LogP contribution in [0.2, 0.25) is 0 Å². The van der Waals surface area contributed by atoms with Crippen molar-refractivity contribution in [2.24, 2.45) is 11.8 Å². The van der Waals surface area contributed by atoms with Crippen LogP contribution in [0.3, 0.4) is 0 Å². The first-order valence-electron chi connectivity index (χ1n) is 8.92. The van der Waals surface area contributed by atoms with E-state index in [-0.39, 0.29) is 17.4 Å². The molecule has 1 heterocycles. The predicted octanol–water partition coefficient (Wildman–Crippen LogP) is 6.06. The number of nitrogens with one attached hydrogen (secondary N) is 1. The van der Waals surface area contributed by atoms with Crippen LogP contribution in [0.4, 0.5) is 13.2 Å². The second-order valence-corrected chi connectivity index (χ2v) is 7.76. The van der Waals surface area contributed by atoms with Gasteiger partial charge in [-0.05, 0) is 41.3 Å². The van der Waals surface area contributed by atoms with E-state index in [0.29, 0.717) is 10.8 Å². The molecule has 1 fully saturated rings. The molecule has 140 valence electrons. The molecule has 3 rings (SSSR count). The highest BCUT2D eigenvalue weighted by molar-refractivity contribution is 7.12. The van der Waals surface area contributed by atoms with Gasteiger partial charge in [-0.25, -0.2) is 0 Å². The Morgan fingerprint density at radius 1 is 1.27 bits per heavy atom. The van der Waals surface area contributed by atoms with Crippen molar-refractivity contribution in [1.82, 2.24) is 5.32 Å². The summed E-state index contributed by atoms with van der Waals surface area (Å²) in [6.07, 6.45) is -0.444. The zero-order valence-electron chi connectivity index (χ0n) is 14.6. The minimum absolute atomic E-state index is 0.0639. The van der Waals surface area contributed by atoms with Gasteiger partial charge in [-0.15, -0.1) is 11.3 Å². The highest BCUT2D eigenvalue weighted by Crippen LogP contribution is 2.51. The minimum Gasteiger partial charge on any atom is -0.344 e. The van der Waals surface area contributed by atoms with Crippen LogP contribution in [0.5, 0.6) is 0 Å². The van der Waals surface area contributed by atoms with Crippen molar-refractivity contribution in [2.45, 2.75) is 44.8 Å². The number of benzene rings is 1. The number of rotatable bonds is 7. The van der Waals surface area contributed by atoms with Gasteiger partial charge in [0.1, 0.15) is 0 Å². The van der Waals surface area contributed by atoms with Crippen molar-refractivity contribution in [3.05, 3.63) is 57.8 Å². The van der Waals surface area contributed by atoms with Crippen molar-refractivity contribution >= 4 is 17.2 Å². The first-order chi connectivity index (χ1) is 12.4. The Morgan fingerprint density at radius 2 is 2.04 bits per heavy atom. The van der Waals surface area contributed by atoms with E-state index in [1.54, 1.807) is 23.6 Å². The van der Waals surface area contributed by atoms with Crippen molar-refractivity contribution in [1.29, 1.82) is 0 Å². The zero-order valence-corrected chi connectivity index (χ0v) is 15.4. The monoisotopic (exact) mass is 381 g/mol. The summed E-state index contributed by atoms with van der Waals surface area (Å²) in [5.41, 5.74) is -0.480. The van der Waals surface area contributed by atoms with Crippen molar-refractivity contribution in [2.75, 3.05) is 0 Å². The molecular weight excluding hydrogens is 359 g/mol. The van der Waals surface area contributed by atoms with E-state index in [1.807, 2.05) is 0 Å². The number of alkyl halides is 3. The average Bonchev–Trinajstić information content (AvgIpc) is 3.15. The van der Waals surface area contributed by atoms with E-state index in [1.165, 1.54) is 23.5 Å². The van der Waals surface area contributed by atoms with Gasteiger partial charge in [0.15, 0.2) is 0 Å². The van der Waals surface area contributed by atoms with Gasteiger partial charge in [0.2, 0.25) is 0 Å². The topological polar surface area (TPSA) is 29.1 Å². The number of hydrogen-bond donors (Lipinski definition) is 1. The van der Waals surface area contributed by atoms with Crippen LogP contribution < -0.4 is 5.32 Å². The molecule has 1 aliphatic rings. The lowest BCUT2D eigenvalue weighted by atomic mass is 9.94. The van der Waals surface area contributed by atoms with Gasteiger partial charge in [0, 0.05) is 0 Å². The number of unbranched alkanes of at least 4 members (excludes halogenated alkanes) is 1. The standard InChI is InChI=1S/C20H22F3NOS/c1-2-3-7-13-12-15(13)18(24-19(25)17-10-6-11-26-17)14-8-4-5-9-16(14)20(21,22)23/h4-6,8-11,13,15,18H,2-3,7,12H2,1H3,(H,24,25)/t13-,15+,18?/m1/s1. The number of halogens is 3. The van der Waals surface area contributed by atoms with Crippen LogP contribution in [0, 0.1) is 11.8 Å². The summed E-state index contributed by atoms with van der Waals surface area (Å²) in [5.74, 6) is 0.141. The quantitative estimate of drug-likeness (QED) is 0.620. The summed E-state index contributed by atoms with van der Waals surface area (Å²) in [6, 6.07) is 8.45. The van der Waals surface area contributed by atoms with E-state index < -0.39 is 17.8 Å². The SMILES string of the molecule is CCCC[C@@H]1C[C@@H]1C(NC(=O)c1cccs1)c1ccccc1C(F)(F)F. The zero-order chi connectivity index (χ0) is 18.7. The third kappa shape index (κ3) is 4.29. The number of carbonyl (C=O) groups excluding carboxylic acids is 1. The van der Waals surface area contributed by atoms with Crippen molar-refractivity contribution < 1.29 is 18.0 Å². The van der Waals surface area contributed by atoms with Crippen LogP contribution in [0.25, 0.3) is 0 Å². The molecule has 26 heavy (non-hydrogen) atoms. The van der Waals surface area contributed by atoms with E-state index in [2.05, 4.69) is 12.2 Å². The number of thiophene rings is 1. The molecule has 1 unspecified atom stereocenters. The molecule has 0 bridgehead atoms. The summed E-state index contributed by atoms with van der Waals surface area (Å²) in [7, 11) is 0. The van der Waals surface area contributed by atoms with E-state index >= 15 is 0 Å². The molecule has 2 nitrogen and oxygen atoms in total. The van der Waals surface area contributed by atoms with Crippen molar-refractivity contribution in [3.63, 3.8) is 0 Å². The highest BCUT2D eigenvalue weighted by Gasteiger charge is 2.46. The van der Waals surface area contributed by atoms with Crippen LogP contribution in [0.15, 0.2) is 41.8 Å². The average molecular weight is 381 g/mol. The predicted molar refractivity (Wildman–Crippen MR) is 97.1 cm³/mol. The second kappa shape index (κ2) is 7.82. The summed E-state index contributed by atoms with van der Waals surface area (Å²) < 4.78 is 40.5. The van der Waals surface area contributed by atoms with Gasteiger partial charge in [0.25, 0.3) is 5.91 Å².